The van der Waals surface area contributed by atoms with E-state index in [-0.39, 0.29) is 11.7 Å². The number of carbonyl (C=O) groups excluding carboxylic acids is 1. The second-order valence-electron chi connectivity index (χ2n) is 4.96. The van der Waals surface area contributed by atoms with Crippen molar-refractivity contribution in [1.82, 2.24) is 0 Å². The fraction of sp³-hybridized carbons (Fsp3) is 0.188. The predicted octanol–water partition coefficient (Wildman–Crippen LogP) is 5.08. The SMILES string of the molecule is O=C1c2c(Cl)cc(Cl)cc2OCC1Cc1ccc(Cl)cc1. The Hall–Kier alpha value is -1.22. The van der Waals surface area contributed by atoms with Crippen LogP contribution in [0.15, 0.2) is 36.4 Å². The van der Waals surface area contributed by atoms with Crippen LogP contribution < -0.4 is 4.74 Å². The van der Waals surface area contributed by atoms with Crippen molar-refractivity contribution in [1.29, 1.82) is 0 Å². The summed E-state index contributed by atoms with van der Waals surface area (Å²) in [5.74, 6) is 0.204. The van der Waals surface area contributed by atoms with Gasteiger partial charge < -0.3 is 4.74 Å². The Kier molecular flexibility index (Phi) is 4.12. The highest BCUT2D eigenvalue weighted by Gasteiger charge is 2.31. The molecule has 2 aromatic rings. The number of Topliss-reactive ketones (excluding diaryl/α,β-unsaturated/α-hetero) is 1. The molecule has 0 radical (unpaired) electrons. The highest BCUT2D eigenvalue weighted by molar-refractivity contribution is 6.37. The summed E-state index contributed by atoms with van der Waals surface area (Å²) in [5.41, 5.74) is 1.46. The van der Waals surface area contributed by atoms with Crippen LogP contribution in [0.3, 0.4) is 0 Å². The van der Waals surface area contributed by atoms with Gasteiger partial charge >= 0.3 is 0 Å². The van der Waals surface area contributed by atoms with Gasteiger partial charge in [-0.25, -0.2) is 0 Å². The number of hydrogen-bond acceptors (Lipinski definition) is 2. The molecule has 0 saturated heterocycles. The number of benzene rings is 2. The number of fused-ring (bicyclic) bond motifs is 1. The molecule has 1 aliphatic heterocycles. The summed E-state index contributed by atoms with van der Waals surface area (Å²) >= 11 is 17.9. The Morgan fingerprint density at radius 1 is 1.05 bits per heavy atom. The molecule has 0 N–H and O–H groups in total. The fourth-order valence-electron chi connectivity index (χ4n) is 2.43. The Bertz CT molecular complexity index is 695. The Morgan fingerprint density at radius 3 is 2.48 bits per heavy atom. The van der Waals surface area contributed by atoms with E-state index in [1.54, 1.807) is 12.1 Å². The minimum Gasteiger partial charge on any atom is -0.492 e. The second-order valence-corrected chi connectivity index (χ2v) is 6.24. The first-order chi connectivity index (χ1) is 10.0. The minimum absolute atomic E-state index is 0.00660. The molecule has 1 heterocycles. The van der Waals surface area contributed by atoms with Crippen molar-refractivity contribution in [2.45, 2.75) is 6.42 Å². The molecule has 2 nitrogen and oxygen atoms in total. The molecule has 21 heavy (non-hydrogen) atoms. The maximum Gasteiger partial charge on any atom is 0.174 e. The van der Waals surface area contributed by atoms with Gasteiger partial charge in [-0.05, 0) is 36.2 Å². The molecule has 1 unspecified atom stereocenters. The van der Waals surface area contributed by atoms with Gasteiger partial charge in [0.25, 0.3) is 0 Å². The van der Waals surface area contributed by atoms with Crippen LogP contribution in [-0.2, 0) is 6.42 Å². The lowest BCUT2D eigenvalue weighted by Crippen LogP contribution is -2.29. The van der Waals surface area contributed by atoms with E-state index in [4.69, 9.17) is 39.5 Å². The van der Waals surface area contributed by atoms with Crippen molar-refractivity contribution >= 4 is 40.6 Å². The van der Waals surface area contributed by atoms with E-state index >= 15 is 0 Å². The molecule has 0 fully saturated rings. The number of hydrogen-bond donors (Lipinski definition) is 0. The average Bonchev–Trinajstić information content (AvgIpc) is 2.43. The predicted molar refractivity (Wildman–Crippen MR) is 84.9 cm³/mol. The van der Waals surface area contributed by atoms with E-state index in [0.29, 0.717) is 39.4 Å². The Labute approximate surface area is 137 Å². The quantitative estimate of drug-likeness (QED) is 0.761. The zero-order valence-electron chi connectivity index (χ0n) is 10.9. The van der Waals surface area contributed by atoms with Crippen molar-refractivity contribution in [3.8, 4) is 5.75 Å². The van der Waals surface area contributed by atoms with Crippen molar-refractivity contribution in [2.75, 3.05) is 6.61 Å². The topological polar surface area (TPSA) is 26.3 Å². The molecule has 0 amide bonds. The third-order valence-corrected chi connectivity index (χ3v) is 4.24. The third kappa shape index (κ3) is 3.03. The van der Waals surface area contributed by atoms with Crippen LogP contribution in [0, 0.1) is 5.92 Å². The molecule has 1 aliphatic rings. The summed E-state index contributed by atoms with van der Waals surface area (Å²) in [7, 11) is 0. The van der Waals surface area contributed by atoms with Crippen molar-refractivity contribution in [2.24, 2.45) is 5.92 Å². The molecule has 2 aromatic carbocycles. The van der Waals surface area contributed by atoms with Gasteiger partial charge in [-0.1, -0.05) is 46.9 Å². The number of ketones is 1. The van der Waals surface area contributed by atoms with E-state index in [0.717, 1.165) is 5.56 Å². The lowest BCUT2D eigenvalue weighted by molar-refractivity contribution is 0.0831. The molecular weight excluding hydrogens is 331 g/mol. The van der Waals surface area contributed by atoms with E-state index in [9.17, 15) is 4.79 Å². The maximum absolute atomic E-state index is 12.6. The molecule has 0 spiro atoms. The van der Waals surface area contributed by atoms with Crippen LogP contribution >= 0.6 is 34.8 Å². The summed E-state index contributed by atoms with van der Waals surface area (Å²) in [4.78, 5) is 12.6. The number of halogens is 3. The van der Waals surface area contributed by atoms with E-state index in [1.807, 2.05) is 24.3 Å². The fourth-order valence-corrected chi connectivity index (χ4v) is 3.12. The van der Waals surface area contributed by atoms with Crippen molar-refractivity contribution < 1.29 is 9.53 Å². The van der Waals surface area contributed by atoms with Gasteiger partial charge in [0.1, 0.15) is 5.75 Å². The minimum atomic E-state index is -0.252. The molecule has 108 valence electrons. The number of ether oxygens (including phenoxy) is 1. The van der Waals surface area contributed by atoms with Crippen LogP contribution in [0.5, 0.6) is 5.75 Å². The second kappa shape index (κ2) is 5.88. The Balaban J connectivity index is 1.87. The Morgan fingerprint density at radius 2 is 1.76 bits per heavy atom. The van der Waals surface area contributed by atoms with Gasteiger partial charge in [-0.2, -0.15) is 0 Å². The summed E-state index contributed by atoms with van der Waals surface area (Å²) in [6.45, 7) is 0.325. The lowest BCUT2D eigenvalue weighted by atomic mass is 9.89. The van der Waals surface area contributed by atoms with Gasteiger partial charge in [0.15, 0.2) is 5.78 Å². The average molecular weight is 342 g/mol. The molecule has 0 bridgehead atoms. The van der Waals surface area contributed by atoms with Gasteiger partial charge in [-0.15, -0.1) is 0 Å². The van der Waals surface area contributed by atoms with Gasteiger partial charge in [0.05, 0.1) is 23.1 Å². The molecule has 0 saturated carbocycles. The first-order valence-corrected chi connectivity index (χ1v) is 7.58. The zero-order valence-corrected chi connectivity index (χ0v) is 13.2. The monoisotopic (exact) mass is 340 g/mol. The van der Waals surface area contributed by atoms with Crippen LogP contribution in [0.4, 0.5) is 0 Å². The summed E-state index contributed by atoms with van der Waals surface area (Å²) in [6, 6.07) is 10.6. The molecular formula is C16H11Cl3O2. The van der Waals surface area contributed by atoms with Crippen molar-refractivity contribution in [3.05, 3.63) is 62.6 Å². The summed E-state index contributed by atoms with van der Waals surface area (Å²) in [5, 5.41) is 1.47. The normalized spacial score (nSPS) is 17.3. The standard InChI is InChI=1S/C16H11Cl3O2/c17-11-3-1-9(2-4-11)5-10-8-21-14-7-12(18)6-13(19)15(14)16(10)20/h1-4,6-7,10H,5,8H2. The zero-order chi connectivity index (χ0) is 15.0. The van der Waals surface area contributed by atoms with E-state index in [2.05, 4.69) is 0 Å². The summed E-state index contributed by atoms with van der Waals surface area (Å²) in [6.07, 6.45) is 0.592. The highest BCUT2D eigenvalue weighted by atomic mass is 35.5. The van der Waals surface area contributed by atoms with Crippen LogP contribution in [0.2, 0.25) is 15.1 Å². The molecule has 0 aromatic heterocycles. The van der Waals surface area contributed by atoms with Gasteiger partial charge in [-0.3, -0.25) is 4.79 Å². The number of rotatable bonds is 2. The smallest absolute Gasteiger partial charge is 0.174 e. The third-order valence-electron chi connectivity index (χ3n) is 3.47. The molecule has 1 atom stereocenters. The van der Waals surface area contributed by atoms with Crippen LogP contribution in [-0.4, -0.2) is 12.4 Å². The molecule has 3 rings (SSSR count). The molecule has 5 heteroatoms. The van der Waals surface area contributed by atoms with E-state index < -0.39 is 0 Å². The summed E-state index contributed by atoms with van der Waals surface area (Å²) < 4.78 is 5.65. The largest absolute Gasteiger partial charge is 0.492 e. The van der Waals surface area contributed by atoms with Gasteiger partial charge in [0.2, 0.25) is 0 Å². The van der Waals surface area contributed by atoms with Crippen molar-refractivity contribution in [3.63, 3.8) is 0 Å². The van der Waals surface area contributed by atoms with E-state index in [1.165, 1.54) is 0 Å². The first kappa shape index (κ1) is 14.7. The maximum atomic E-state index is 12.6. The molecule has 0 aliphatic carbocycles. The lowest BCUT2D eigenvalue weighted by Gasteiger charge is -2.25. The van der Waals surface area contributed by atoms with Gasteiger partial charge in [0, 0.05) is 10.0 Å². The number of carbonyl (C=O) groups is 1. The van der Waals surface area contributed by atoms with Crippen LogP contribution in [0.25, 0.3) is 0 Å². The van der Waals surface area contributed by atoms with Crippen LogP contribution in [0.1, 0.15) is 15.9 Å². The first-order valence-electron chi connectivity index (χ1n) is 6.45. The highest BCUT2D eigenvalue weighted by Crippen LogP contribution is 2.36.